The summed E-state index contributed by atoms with van der Waals surface area (Å²) in [6.45, 7) is 3.62. The normalized spacial score (nSPS) is 16.1. The lowest BCUT2D eigenvalue weighted by Gasteiger charge is -2.16. The van der Waals surface area contributed by atoms with Gasteiger partial charge in [-0.05, 0) is 61.6 Å². The maximum atomic E-state index is 12.4. The third-order valence-electron chi connectivity index (χ3n) is 4.08. The van der Waals surface area contributed by atoms with Gasteiger partial charge in [-0.1, -0.05) is 0 Å². The lowest BCUT2D eigenvalue weighted by molar-refractivity contribution is -0.123. The van der Waals surface area contributed by atoms with E-state index in [0.717, 1.165) is 28.5 Å². The van der Waals surface area contributed by atoms with Gasteiger partial charge in [-0.15, -0.1) is 0 Å². The highest BCUT2D eigenvalue weighted by Crippen LogP contribution is 2.35. The Hall–Kier alpha value is -2.65. The van der Waals surface area contributed by atoms with Gasteiger partial charge >= 0.3 is 0 Å². The third-order valence-corrected chi connectivity index (χ3v) is 5.77. The molecule has 1 aliphatic rings. The van der Waals surface area contributed by atoms with Gasteiger partial charge in [0.15, 0.2) is 10.2 Å². The molecule has 0 aliphatic carbocycles. The number of nitrogens with one attached hydrogen (secondary N) is 1. The number of fused-ring (bicyclic) bond motifs is 1. The van der Waals surface area contributed by atoms with E-state index < -0.39 is 0 Å². The van der Waals surface area contributed by atoms with Crippen molar-refractivity contribution >= 4 is 51.8 Å². The van der Waals surface area contributed by atoms with Crippen LogP contribution in [-0.2, 0) is 4.79 Å². The summed E-state index contributed by atoms with van der Waals surface area (Å²) in [5.41, 5.74) is 1.70. The summed E-state index contributed by atoms with van der Waals surface area (Å²) in [6.07, 6.45) is 1.60. The number of benzene rings is 1. The molecule has 3 heterocycles. The third kappa shape index (κ3) is 3.55. The van der Waals surface area contributed by atoms with E-state index in [1.165, 1.54) is 16.7 Å². The first-order valence-electron chi connectivity index (χ1n) is 8.53. The average molecular weight is 415 g/mol. The van der Waals surface area contributed by atoms with Crippen LogP contribution in [0.25, 0.3) is 17.1 Å². The summed E-state index contributed by atoms with van der Waals surface area (Å²) in [7, 11) is 1.62. The number of aromatic amines is 1. The Morgan fingerprint density at radius 3 is 2.82 bits per heavy atom. The number of hydrogen-bond acceptors (Lipinski definition) is 7. The van der Waals surface area contributed by atoms with E-state index in [9.17, 15) is 9.59 Å². The molecule has 1 saturated heterocycles. The molecule has 3 aromatic rings. The molecule has 144 valence electrons. The number of hydrogen-bond donors (Lipinski definition) is 1. The van der Waals surface area contributed by atoms with Gasteiger partial charge in [0, 0.05) is 18.2 Å². The van der Waals surface area contributed by atoms with Gasteiger partial charge in [0.25, 0.3) is 11.1 Å². The van der Waals surface area contributed by atoms with Crippen LogP contribution in [0.1, 0.15) is 19.6 Å². The van der Waals surface area contributed by atoms with Crippen LogP contribution in [0.15, 0.2) is 49.9 Å². The summed E-state index contributed by atoms with van der Waals surface area (Å²) in [5.74, 6) is 0.972. The van der Waals surface area contributed by atoms with Gasteiger partial charge in [0.05, 0.1) is 23.0 Å². The van der Waals surface area contributed by atoms with Gasteiger partial charge in [0.2, 0.25) is 0 Å². The number of carbonyl (C=O) groups excluding carboxylic acids is 2. The Morgan fingerprint density at radius 1 is 1.29 bits per heavy atom. The van der Waals surface area contributed by atoms with Crippen LogP contribution in [-0.4, -0.2) is 39.2 Å². The number of imidazole rings is 1. The second kappa shape index (κ2) is 7.40. The predicted octanol–water partition coefficient (Wildman–Crippen LogP) is 4.76. The number of ether oxygens (including phenoxy) is 1. The number of carbonyl (C=O) groups is 2. The summed E-state index contributed by atoms with van der Waals surface area (Å²) < 4.78 is 11.0. The molecule has 2 amide bonds. The number of furan rings is 1. The number of amides is 2. The minimum atomic E-state index is -0.290. The molecule has 1 N–H and O–H groups in total. The summed E-state index contributed by atoms with van der Waals surface area (Å²) in [6, 6.07) is 9.01. The number of nitrogens with zero attached hydrogens (tertiary/aromatic N) is 2. The molecule has 1 aromatic carbocycles. The van der Waals surface area contributed by atoms with Crippen LogP contribution in [0.2, 0.25) is 0 Å². The van der Waals surface area contributed by atoms with E-state index in [4.69, 9.17) is 9.15 Å². The zero-order valence-electron chi connectivity index (χ0n) is 15.4. The largest absolute Gasteiger partial charge is 0.497 e. The Bertz CT molecular complexity index is 1100. The van der Waals surface area contributed by atoms with Crippen LogP contribution >= 0.6 is 23.5 Å². The predicted molar refractivity (Wildman–Crippen MR) is 108 cm³/mol. The molecule has 1 fully saturated rings. The molecule has 9 heteroatoms. The van der Waals surface area contributed by atoms with Gasteiger partial charge in [-0.2, -0.15) is 0 Å². The zero-order valence-corrected chi connectivity index (χ0v) is 17.0. The first kappa shape index (κ1) is 18.7. The zero-order chi connectivity index (χ0) is 19.8. The quantitative estimate of drug-likeness (QED) is 0.601. The van der Waals surface area contributed by atoms with E-state index in [1.54, 1.807) is 25.3 Å². The Kier molecular flexibility index (Phi) is 4.94. The lowest BCUT2D eigenvalue weighted by atomic mass is 10.3. The molecule has 0 unspecified atom stereocenters. The van der Waals surface area contributed by atoms with Crippen LogP contribution < -0.4 is 4.74 Å². The number of methoxy groups -OCH3 is 1. The maximum Gasteiger partial charge on any atom is 0.293 e. The summed E-state index contributed by atoms with van der Waals surface area (Å²) >= 11 is 2.27. The number of imide groups is 1. The van der Waals surface area contributed by atoms with E-state index in [2.05, 4.69) is 9.97 Å². The molecule has 1 aliphatic heterocycles. The fourth-order valence-electron chi connectivity index (χ4n) is 2.76. The fourth-order valence-corrected chi connectivity index (χ4v) is 4.47. The second-order valence-corrected chi connectivity index (χ2v) is 8.32. The standard InChI is InChI=1S/C19H17N3O4S2/c1-10(2)22-17(23)15(27-19(22)24)9-12-5-7-16(26-12)28-18-20-13-6-4-11(25-3)8-14(13)21-18/h4-10H,1-3H3,(H,20,21). The molecule has 28 heavy (non-hydrogen) atoms. The molecular weight excluding hydrogens is 398 g/mol. The summed E-state index contributed by atoms with van der Waals surface area (Å²) in [4.78, 5) is 33.7. The van der Waals surface area contributed by atoms with Crippen molar-refractivity contribution in [2.45, 2.75) is 30.1 Å². The first-order valence-corrected chi connectivity index (χ1v) is 10.2. The van der Waals surface area contributed by atoms with Gasteiger partial charge in [-0.3, -0.25) is 14.5 Å². The maximum absolute atomic E-state index is 12.4. The topological polar surface area (TPSA) is 88.4 Å². The summed E-state index contributed by atoms with van der Waals surface area (Å²) in [5, 5.41) is 1.05. The van der Waals surface area contributed by atoms with Crippen molar-refractivity contribution in [3.8, 4) is 5.75 Å². The first-order chi connectivity index (χ1) is 13.4. The number of aromatic nitrogens is 2. The SMILES string of the molecule is COc1ccc2nc(Sc3ccc(C=C4SC(=O)N(C(C)C)C4=O)o3)[nH]c2c1. The van der Waals surface area contributed by atoms with Crippen molar-refractivity contribution in [3.63, 3.8) is 0 Å². The monoisotopic (exact) mass is 415 g/mol. The van der Waals surface area contributed by atoms with Gasteiger partial charge in [-0.25, -0.2) is 4.98 Å². The molecular formula is C19H17N3O4S2. The van der Waals surface area contributed by atoms with Gasteiger partial charge < -0.3 is 14.1 Å². The van der Waals surface area contributed by atoms with Crippen LogP contribution in [0, 0.1) is 0 Å². The molecule has 4 rings (SSSR count). The number of H-pyrrole nitrogens is 1. The fraction of sp³-hybridized carbons (Fsp3) is 0.211. The van der Waals surface area contributed by atoms with Gasteiger partial charge in [0.1, 0.15) is 11.5 Å². The van der Waals surface area contributed by atoms with E-state index in [-0.39, 0.29) is 17.2 Å². The molecule has 0 spiro atoms. The molecule has 2 aromatic heterocycles. The van der Waals surface area contributed by atoms with Crippen molar-refractivity contribution in [1.29, 1.82) is 0 Å². The Morgan fingerprint density at radius 2 is 2.11 bits per heavy atom. The van der Waals surface area contributed by atoms with E-state index in [1.807, 2.05) is 32.0 Å². The molecule has 0 saturated carbocycles. The van der Waals surface area contributed by atoms with Crippen LogP contribution in [0.3, 0.4) is 0 Å². The minimum absolute atomic E-state index is 0.173. The smallest absolute Gasteiger partial charge is 0.293 e. The van der Waals surface area contributed by atoms with Crippen LogP contribution in [0.5, 0.6) is 5.75 Å². The minimum Gasteiger partial charge on any atom is -0.497 e. The molecule has 0 atom stereocenters. The Labute approximate surface area is 169 Å². The van der Waals surface area contributed by atoms with Crippen molar-refractivity contribution in [1.82, 2.24) is 14.9 Å². The van der Waals surface area contributed by atoms with Crippen molar-refractivity contribution < 1.29 is 18.7 Å². The highest BCUT2D eigenvalue weighted by molar-refractivity contribution is 8.18. The van der Waals surface area contributed by atoms with E-state index in [0.29, 0.717) is 20.9 Å². The Balaban J connectivity index is 1.52. The highest BCUT2D eigenvalue weighted by atomic mass is 32.2. The highest BCUT2D eigenvalue weighted by Gasteiger charge is 2.36. The van der Waals surface area contributed by atoms with Crippen molar-refractivity contribution in [2.24, 2.45) is 0 Å². The van der Waals surface area contributed by atoms with Crippen molar-refractivity contribution in [3.05, 3.63) is 41.0 Å². The molecule has 0 bridgehead atoms. The molecule has 7 nitrogen and oxygen atoms in total. The lowest BCUT2D eigenvalue weighted by Crippen LogP contribution is -2.34. The average Bonchev–Trinajstić information content (AvgIpc) is 3.32. The number of rotatable bonds is 5. The van der Waals surface area contributed by atoms with Crippen molar-refractivity contribution in [2.75, 3.05) is 7.11 Å². The second-order valence-electron chi connectivity index (χ2n) is 6.33. The molecule has 0 radical (unpaired) electrons. The number of thioether (sulfide) groups is 1. The van der Waals surface area contributed by atoms with E-state index >= 15 is 0 Å². The van der Waals surface area contributed by atoms with Crippen LogP contribution in [0.4, 0.5) is 4.79 Å².